The van der Waals surface area contributed by atoms with Gasteiger partial charge in [0.2, 0.25) is 0 Å². The number of carbonyl (C=O) groups is 1. The van der Waals surface area contributed by atoms with E-state index >= 15 is 0 Å². The third-order valence-corrected chi connectivity index (χ3v) is 9.66. The number of aromatic nitrogens is 1. The first-order valence-corrected chi connectivity index (χ1v) is 15.4. The van der Waals surface area contributed by atoms with Crippen LogP contribution in [-0.2, 0) is 11.2 Å². The highest BCUT2D eigenvalue weighted by Crippen LogP contribution is 2.39. The number of hydrogen-bond acceptors (Lipinski definition) is 5. The SMILES string of the molecule is O=C(O)[C@@H](C1CCCCC1)N1C[C@H](CN2CCC(c3ncc(Cc4ccccc4)o3)CC2)[C@@H](c2ccccc2)C1. The van der Waals surface area contributed by atoms with E-state index < -0.39 is 5.97 Å². The minimum absolute atomic E-state index is 0.282. The lowest BCUT2D eigenvalue weighted by atomic mass is 9.83. The summed E-state index contributed by atoms with van der Waals surface area (Å²) < 4.78 is 6.20. The Kier molecular flexibility index (Phi) is 8.64. The van der Waals surface area contributed by atoms with Crippen molar-refractivity contribution >= 4 is 5.97 Å². The van der Waals surface area contributed by atoms with Crippen molar-refractivity contribution in [3.63, 3.8) is 0 Å². The number of aliphatic carboxylic acids is 1. The molecule has 6 heteroatoms. The summed E-state index contributed by atoms with van der Waals surface area (Å²) in [6, 6.07) is 20.9. The van der Waals surface area contributed by atoms with Crippen LogP contribution in [0.4, 0.5) is 0 Å². The molecule has 0 radical (unpaired) electrons. The number of oxazole rings is 1. The zero-order valence-corrected chi connectivity index (χ0v) is 23.5. The van der Waals surface area contributed by atoms with Crippen molar-refractivity contribution in [2.45, 2.75) is 69.2 Å². The molecule has 1 aliphatic carbocycles. The topological polar surface area (TPSA) is 69.8 Å². The van der Waals surface area contributed by atoms with Crippen molar-refractivity contribution in [3.05, 3.63) is 89.6 Å². The summed E-state index contributed by atoms with van der Waals surface area (Å²) in [4.78, 5) is 22.1. The van der Waals surface area contributed by atoms with Crippen LogP contribution in [0.3, 0.4) is 0 Å². The van der Waals surface area contributed by atoms with Crippen molar-refractivity contribution in [1.29, 1.82) is 0 Å². The first kappa shape index (κ1) is 27.2. The van der Waals surface area contributed by atoms with E-state index in [-0.39, 0.29) is 12.0 Å². The minimum atomic E-state index is -0.627. The van der Waals surface area contributed by atoms with Gasteiger partial charge in [-0.1, -0.05) is 79.9 Å². The molecule has 1 aromatic heterocycles. The Balaban J connectivity index is 1.09. The number of piperidine rings is 1. The number of rotatable bonds is 9. The molecule has 0 bridgehead atoms. The van der Waals surface area contributed by atoms with Crippen LogP contribution in [0.2, 0.25) is 0 Å². The molecule has 3 atom stereocenters. The molecule has 1 N–H and O–H groups in total. The molecule has 2 aliphatic heterocycles. The number of carboxylic acids is 1. The molecule has 6 rings (SSSR count). The molecule has 0 spiro atoms. The molecule has 0 amide bonds. The molecule has 6 nitrogen and oxygen atoms in total. The van der Waals surface area contributed by atoms with Gasteiger partial charge in [0.1, 0.15) is 11.8 Å². The maximum absolute atomic E-state index is 12.5. The van der Waals surface area contributed by atoms with E-state index in [0.717, 1.165) is 76.5 Å². The third kappa shape index (κ3) is 6.34. The number of likely N-dealkylation sites (tertiary alicyclic amines) is 2. The Morgan fingerprint density at radius 2 is 1.62 bits per heavy atom. The largest absolute Gasteiger partial charge is 0.480 e. The highest BCUT2D eigenvalue weighted by atomic mass is 16.4. The summed E-state index contributed by atoms with van der Waals surface area (Å²) in [5.74, 6) is 2.65. The standard InChI is InChI=1S/C34H43N3O3/c38-34(39)32(27-14-8-3-9-15-27)37-23-29(31(24-37)26-12-6-2-7-13-26)22-36-18-16-28(17-19-36)33-35-21-30(40-33)20-25-10-4-1-5-11-25/h1-2,4-7,10-13,21,27-29,31-32H,3,8-9,14-20,22-24H2,(H,38,39)/t29-,31+,32+/m0/s1. The van der Waals surface area contributed by atoms with E-state index in [0.29, 0.717) is 17.8 Å². The lowest BCUT2D eigenvalue weighted by Crippen LogP contribution is -2.46. The number of carboxylic acid groups (broad SMARTS) is 1. The van der Waals surface area contributed by atoms with Gasteiger partial charge in [0, 0.05) is 37.9 Å². The second-order valence-corrected chi connectivity index (χ2v) is 12.3. The van der Waals surface area contributed by atoms with Crippen LogP contribution in [0.25, 0.3) is 0 Å². The minimum Gasteiger partial charge on any atom is -0.480 e. The smallest absolute Gasteiger partial charge is 0.321 e. The van der Waals surface area contributed by atoms with Crippen molar-refractivity contribution in [1.82, 2.24) is 14.8 Å². The highest BCUT2D eigenvalue weighted by molar-refractivity contribution is 5.74. The number of hydrogen-bond donors (Lipinski definition) is 1. The van der Waals surface area contributed by atoms with Gasteiger partial charge in [0.05, 0.1) is 6.20 Å². The van der Waals surface area contributed by atoms with Gasteiger partial charge < -0.3 is 14.4 Å². The van der Waals surface area contributed by atoms with Gasteiger partial charge in [-0.25, -0.2) is 4.98 Å². The van der Waals surface area contributed by atoms with Crippen molar-refractivity contribution in [3.8, 4) is 0 Å². The van der Waals surface area contributed by atoms with E-state index in [9.17, 15) is 9.90 Å². The van der Waals surface area contributed by atoms with Gasteiger partial charge in [0.15, 0.2) is 5.89 Å². The summed E-state index contributed by atoms with van der Waals surface area (Å²) >= 11 is 0. The Morgan fingerprint density at radius 3 is 2.33 bits per heavy atom. The third-order valence-electron chi connectivity index (χ3n) is 9.66. The van der Waals surface area contributed by atoms with Gasteiger partial charge in [-0.15, -0.1) is 0 Å². The Morgan fingerprint density at radius 1 is 0.925 bits per heavy atom. The normalized spacial score (nSPS) is 24.3. The fourth-order valence-corrected chi connectivity index (χ4v) is 7.58. The second-order valence-electron chi connectivity index (χ2n) is 12.3. The highest BCUT2D eigenvalue weighted by Gasteiger charge is 2.43. The maximum atomic E-state index is 12.5. The summed E-state index contributed by atoms with van der Waals surface area (Å²) in [7, 11) is 0. The molecule has 3 aromatic rings. The van der Waals surface area contributed by atoms with E-state index in [1.807, 2.05) is 12.3 Å². The maximum Gasteiger partial charge on any atom is 0.321 e. The molecule has 3 heterocycles. The molecule has 3 aliphatic rings. The van der Waals surface area contributed by atoms with Crippen molar-refractivity contribution in [2.75, 3.05) is 32.7 Å². The Labute approximate surface area is 238 Å². The van der Waals surface area contributed by atoms with Gasteiger partial charge >= 0.3 is 5.97 Å². The molecule has 2 saturated heterocycles. The number of nitrogens with zero attached hydrogens (tertiary/aromatic N) is 3. The summed E-state index contributed by atoms with van der Waals surface area (Å²) in [6.07, 6.45) is 10.5. The molecule has 3 fully saturated rings. The van der Waals surface area contributed by atoms with Crippen molar-refractivity contribution < 1.29 is 14.3 Å². The Hall–Kier alpha value is -2.96. The van der Waals surface area contributed by atoms with Gasteiger partial charge in [0.25, 0.3) is 0 Å². The molecule has 40 heavy (non-hydrogen) atoms. The van der Waals surface area contributed by atoms with Crippen molar-refractivity contribution in [2.24, 2.45) is 11.8 Å². The molecular formula is C34H43N3O3. The van der Waals surface area contributed by atoms with Crippen LogP contribution in [0, 0.1) is 11.8 Å². The summed E-state index contributed by atoms with van der Waals surface area (Å²) in [6.45, 7) is 4.80. The number of benzene rings is 2. The van der Waals surface area contributed by atoms with Crippen LogP contribution in [0.15, 0.2) is 71.3 Å². The van der Waals surface area contributed by atoms with E-state index in [1.54, 1.807) is 0 Å². The van der Waals surface area contributed by atoms with Crippen LogP contribution in [0.1, 0.15) is 79.6 Å². The van der Waals surface area contributed by atoms with Gasteiger partial charge in [-0.3, -0.25) is 9.69 Å². The fraction of sp³-hybridized carbons (Fsp3) is 0.529. The van der Waals surface area contributed by atoms with Crippen LogP contribution in [-0.4, -0.2) is 64.6 Å². The Bertz CT molecular complexity index is 1220. The van der Waals surface area contributed by atoms with Crippen LogP contribution >= 0.6 is 0 Å². The predicted molar refractivity (Wildman–Crippen MR) is 156 cm³/mol. The summed E-state index contributed by atoms with van der Waals surface area (Å²) in [5, 5.41) is 10.3. The monoisotopic (exact) mass is 541 g/mol. The van der Waals surface area contributed by atoms with Crippen LogP contribution < -0.4 is 0 Å². The summed E-state index contributed by atoms with van der Waals surface area (Å²) in [5.41, 5.74) is 2.59. The molecular weight excluding hydrogens is 498 g/mol. The molecule has 212 valence electrons. The quantitative estimate of drug-likeness (QED) is 0.348. The average molecular weight is 542 g/mol. The lowest BCUT2D eigenvalue weighted by molar-refractivity contribution is -0.145. The van der Waals surface area contributed by atoms with Crippen LogP contribution in [0.5, 0.6) is 0 Å². The molecule has 0 unspecified atom stereocenters. The second kappa shape index (κ2) is 12.7. The molecule has 1 saturated carbocycles. The van der Waals surface area contributed by atoms with E-state index in [2.05, 4.69) is 69.4 Å². The fourth-order valence-electron chi connectivity index (χ4n) is 7.58. The first-order valence-electron chi connectivity index (χ1n) is 15.4. The zero-order valence-electron chi connectivity index (χ0n) is 23.5. The van der Waals surface area contributed by atoms with Gasteiger partial charge in [-0.2, -0.15) is 0 Å². The predicted octanol–water partition coefficient (Wildman–Crippen LogP) is 6.19. The first-order chi connectivity index (χ1) is 19.6. The van der Waals surface area contributed by atoms with E-state index in [4.69, 9.17) is 4.42 Å². The van der Waals surface area contributed by atoms with E-state index in [1.165, 1.54) is 30.4 Å². The lowest BCUT2D eigenvalue weighted by Gasteiger charge is -2.35. The average Bonchev–Trinajstić information content (AvgIpc) is 3.62. The van der Waals surface area contributed by atoms with Gasteiger partial charge in [-0.05, 0) is 61.7 Å². The molecule has 2 aromatic carbocycles. The zero-order chi connectivity index (χ0) is 27.3.